The van der Waals surface area contributed by atoms with Crippen LogP contribution in [0.3, 0.4) is 0 Å². The maximum absolute atomic E-state index is 11.4. The summed E-state index contributed by atoms with van der Waals surface area (Å²) >= 11 is 0. The van der Waals surface area contributed by atoms with Crippen molar-refractivity contribution in [2.24, 2.45) is 0 Å². The summed E-state index contributed by atoms with van der Waals surface area (Å²) in [5.74, 6) is 1.18. The number of hydrogen-bond acceptors (Lipinski definition) is 2. The van der Waals surface area contributed by atoms with Gasteiger partial charge in [-0.15, -0.1) is 0 Å². The largest absolute Gasteiger partial charge is 1.00 e. The Bertz CT molecular complexity index is 458. The van der Waals surface area contributed by atoms with Crippen molar-refractivity contribution in [3.63, 3.8) is 0 Å². The molecular weight excluding hydrogens is 403 g/mol. The molecule has 5 heteroatoms. The van der Waals surface area contributed by atoms with Crippen LogP contribution < -0.4 is 28.5 Å². The summed E-state index contributed by atoms with van der Waals surface area (Å²) < 4.78 is 9.52. The maximum Gasteiger partial charge on any atom is 0.305 e. The third-order valence-corrected chi connectivity index (χ3v) is 4.26. The van der Waals surface area contributed by atoms with Gasteiger partial charge in [-0.2, -0.15) is 0 Å². The number of halogens is 1. The minimum absolute atomic E-state index is 0. The molecule has 1 heterocycles. The van der Waals surface area contributed by atoms with E-state index in [0.717, 1.165) is 19.5 Å². The van der Waals surface area contributed by atoms with Crippen LogP contribution >= 0.6 is 0 Å². The molecule has 0 spiro atoms. The highest BCUT2D eigenvalue weighted by Gasteiger charge is 2.20. The van der Waals surface area contributed by atoms with Gasteiger partial charge in [-0.3, -0.25) is 4.79 Å². The van der Waals surface area contributed by atoms with Gasteiger partial charge in [0.25, 0.3) is 5.82 Å². The Morgan fingerprint density at radius 3 is 2.43 bits per heavy atom. The number of esters is 1. The summed E-state index contributed by atoms with van der Waals surface area (Å²) in [7, 11) is 1.46. The van der Waals surface area contributed by atoms with Crippen molar-refractivity contribution in [1.29, 1.82) is 0 Å². The number of carbonyl (C=O) groups is 1. The molecule has 0 bridgehead atoms. The highest BCUT2D eigenvalue weighted by Crippen LogP contribution is 2.10. The van der Waals surface area contributed by atoms with Gasteiger partial charge in [-0.05, 0) is 25.7 Å². The van der Waals surface area contributed by atoms with E-state index in [9.17, 15) is 4.79 Å². The monoisotopic (exact) mass is 436 g/mol. The van der Waals surface area contributed by atoms with E-state index in [-0.39, 0.29) is 29.9 Å². The van der Waals surface area contributed by atoms with E-state index in [4.69, 9.17) is 4.74 Å². The summed E-state index contributed by atoms with van der Waals surface area (Å²) in [4.78, 5) is 11.4. The van der Waals surface area contributed by atoms with Gasteiger partial charge in [0, 0.05) is 13.3 Å². The number of carbonyl (C=O) groups excluding carboxylic acids is 1. The average molecular weight is 436 g/mol. The van der Waals surface area contributed by atoms with Crippen LogP contribution in [0, 0.1) is 6.92 Å². The van der Waals surface area contributed by atoms with Crippen molar-refractivity contribution in [2.75, 3.05) is 7.11 Å². The molecule has 4 nitrogen and oxygen atoms in total. The molecule has 23 heavy (non-hydrogen) atoms. The fourth-order valence-electron chi connectivity index (χ4n) is 2.82. The molecule has 0 atom stereocenters. The number of ether oxygens (including phenoxy) is 1. The van der Waals surface area contributed by atoms with Crippen molar-refractivity contribution < 1.29 is 38.1 Å². The van der Waals surface area contributed by atoms with Gasteiger partial charge in [0.2, 0.25) is 0 Å². The topological polar surface area (TPSA) is 35.1 Å². The zero-order valence-corrected chi connectivity index (χ0v) is 17.4. The number of nitrogens with zero attached hydrogens (tertiary/aromatic N) is 2. The van der Waals surface area contributed by atoms with Crippen molar-refractivity contribution in [2.45, 2.75) is 85.2 Å². The second-order valence-electron chi connectivity index (χ2n) is 6.00. The van der Waals surface area contributed by atoms with E-state index in [1.54, 1.807) is 0 Å². The molecule has 0 aliphatic heterocycles. The Morgan fingerprint density at radius 1 is 1.17 bits per heavy atom. The second-order valence-corrected chi connectivity index (χ2v) is 6.00. The molecule has 0 N–H and O–H groups in total. The van der Waals surface area contributed by atoms with Crippen molar-refractivity contribution >= 4 is 5.97 Å². The van der Waals surface area contributed by atoms with Crippen molar-refractivity contribution in [3.05, 3.63) is 17.7 Å². The van der Waals surface area contributed by atoms with Gasteiger partial charge in [0.15, 0.2) is 0 Å². The minimum atomic E-state index is -0.128. The van der Waals surface area contributed by atoms with Crippen LogP contribution in [-0.2, 0) is 29.0 Å². The van der Waals surface area contributed by atoms with Crippen LogP contribution in [-0.4, -0.2) is 17.6 Å². The number of unbranched alkanes of at least 4 members (excludes halogenated alkanes) is 4. The van der Waals surface area contributed by atoms with E-state index in [0.29, 0.717) is 6.42 Å². The SMILES string of the molecule is CCCCCn1c(CCC(=O)OC)c[n+](CCCCC)c1C.[I-]. The zero-order chi connectivity index (χ0) is 16.4. The standard InChI is InChI=1S/C18H33N2O2.HI/c1-5-7-9-13-19-15-17(11-12-18(21)22-4)20(16(19)3)14-10-8-6-2;/h15H,5-14H2,1-4H3;1H/q+1;/p-1. The Kier molecular flexibility index (Phi) is 12.5. The van der Waals surface area contributed by atoms with Crippen molar-refractivity contribution in [3.8, 4) is 0 Å². The van der Waals surface area contributed by atoms with Gasteiger partial charge in [0.1, 0.15) is 11.9 Å². The minimum Gasteiger partial charge on any atom is -1.00 e. The molecule has 0 saturated carbocycles. The molecule has 134 valence electrons. The molecule has 1 aromatic heterocycles. The van der Waals surface area contributed by atoms with Crippen LogP contribution in [0.25, 0.3) is 0 Å². The predicted octanol–water partition coefficient (Wildman–Crippen LogP) is 0.574. The van der Waals surface area contributed by atoms with Crippen molar-refractivity contribution in [1.82, 2.24) is 4.57 Å². The van der Waals surface area contributed by atoms with Crippen LogP contribution in [0.15, 0.2) is 6.20 Å². The number of hydrogen-bond donors (Lipinski definition) is 0. The number of imidazole rings is 1. The van der Waals surface area contributed by atoms with Gasteiger partial charge in [0.05, 0.1) is 26.6 Å². The molecule has 0 fully saturated rings. The smallest absolute Gasteiger partial charge is 0.305 e. The summed E-state index contributed by atoms with van der Waals surface area (Å²) in [5, 5.41) is 0. The predicted molar refractivity (Wildman–Crippen MR) is 88.8 cm³/mol. The molecule has 0 aromatic carbocycles. The van der Waals surface area contributed by atoms with E-state index in [1.807, 2.05) is 0 Å². The molecule has 0 saturated heterocycles. The van der Waals surface area contributed by atoms with E-state index >= 15 is 0 Å². The lowest BCUT2D eigenvalue weighted by atomic mass is 10.2. The highest BCUT2D eigenvalue weighted by molar-refractivity contribution is 5.69. The van der Waals surface area contributed by atoms with E-state index < -0.39 is 0 Å². The summed E-state index contributed by atoms with van der Waals surface area (Å²) in [5.41, 5.74) is 1.26. The third-order valence-electron chi connectivity index (χ3n) is 4.26. The summed E-state index contributed by atoms with van der Waals surface area (Å²) in [6.45, 7) is 8.78. The van der Waals surface area contributed by atoms with Crippen LogP contribution in [0.2, 0.25) is 0 Å². The number of rotatable bonds is 11. The molecule has 0 aliphatic carbocycles. The molecule has 1 rings (SSSR count). The number of aromatic nitrogens is 2. The zero-order valence-electron chi connectivity index (χ0n) is 15.2. The molecule has 0 aliphatic rings. The fraction of sp³-hybridized carbons (Fsp3) is 0.778. The van der Waals surface area contributed by atoms with E-state index in [2.05, 4.69) is 36.1 Å². The fourth-order valence-corrected chi connectivity index (χ4v) is 2.82. The van der Waals surface area contributed by atoms with Gasteiger partial charge < -0.3 is 28.7 Å². The second kappa shape index (κ2) is 12.8. The molecule has 0 radical (unpaired) electrons. The Morgan fingerprint density at radius 2 is 1.83 bits per heavy atom. The number of aryl methyl sites for hydroxylation is 2. The van der Waals surface area contributed by atoms with Gasteiger partial charge >= 0.3 is 5.97 Å². The Balaban J connectivity index is 0.00000484. The quantitative estimate of drug-likeness (QED) is 0.220. The third kappa shape index (κ3) is 7.68. The first-order valence-electron chi connectivity index (χ1n) is 8.79. The van der Waals surface area contributed by atoms with Gasteiger partial charge in [-0.25, -0.2) is 9.13 Å². The average Bonchev–Trinajstić information content (AvgIpc) is 2.82. The number of methoxy groups -OCH3 is 1. The lowest BCUT2D eigenvalue weighted by Crippen LogP contribution is -3.00. The normalized spacial score (nSPS) is 10.4. The first kappa shape index (κ1) is 22.4. The summed E-state index contributed by atoms with van der Waals surface area (Å²) in [6, 6.07) is 0. The van der Waals surface area contributed by atoms with Gasteiger partial charge in [-0.1, -0.05) is 26.7 Å². The maximum atomic E-state index is 11.4. The summed E-state index contributed by atoms with van der Waals surface area (Å²) in [6.07, 6.45) is 10.9. The Labute approximate surface area is 158 Å². The molecule has 0 amide bonds. The lowest BCUT2D eigenvalue weighted by molar-refractivity contribution is -0.703. The first-order chi connectivity index (χ1) is 10.6. The van der Waals surface area contributed by atoms with Crippen LogP contribution in [0.4, 0.5) is 0 Å². The van der Waals surface area contributed by atoms with Crippen LogP contribution in [0.5, 0.6) is 0 Å². The molecular formula is C18H33IN2O2. The molecule has 0 unspecified atom stereocenters. The highest BCUT2D eigenvalue weighted by atomic mass is 127. The van der Waals surface area contributed by atoms with Crippen LogP contribution in [0.1, 0.15) is 70.3 Å². The molecule has 1 aromatic rings. The Hall–Kier alpha value is -0.590. The lowest BCUT2D eigenvalue weighted by Gasteiger charge is -2.04. The van der Waals surface area contributed by atoms with E-state index in [1.165, 1.54) is 57.2 Å². The first-order valence-corrected chi connectivity index (χ1v) is 8.79.